The summed E-state index contributed by atoms with van der Waals surface area (Å²) in [5, 5.41) is 11.6. The molecule has 1 aliphatic rings. The van der Waals surface area contributed by atoms with Crippen molar-refractivity contribution < 1.29 is 32.2 Å². The quantitative estimate of drug-likeness (QED) is 0.699. The van der Waals surface area contributed by atoms with Crippen molar-refractivity contribution in [2.75, 3.05) is 24.2 Å². The zero-order chi connectivity index (χ0) is 17.3. The highest BCUT2D eigenvalue weighted by molar-refractivity contribution is 7.92. The van der Waals surface area contributed by atoms with Gasteiger partial charge in [0.2, 0.25) is 10.0 Å². The molecule has 1 fully saturated rings. The van der Waals surface area contributed by atoms with E-state index in [9.17, 15) is 27.5 Å². The number of hydrogen-bond donors (Lipinski definition) is 3. The molecular formula is C13H15FN2O6S. The van der Waals surface area contributed by atoms with Crippen LogP contribution in [0.1, 0.15) is 16.8 Å². The van der Waals surface area contributed by atoms with Crippen LogP contribution in [0.5, 0.6) is 0 Å². The molecule has 1 unspecified atom stereocenters. The molecule has 10 heteroatoms. The normalized spacial score (nSPS) is 21.0. The molecule has 1 heterocycles. The molecule has 1 aliphatic heterocycles. The zero-order valence-corrected chi connectivity index (χ0v) is 12.9. The van der Waals surface area contributed by atoms with E-state index in [1.165, 1.54) is 0 Å². The Morgan fingerprint density at radius 3 is 2.61 bits per heavy atom. The summed E-state index contributed by atoms with van der Waals surface area (Å²) in [7, 11) is -3.73. The molecule has 3 N–H and O–H groups in total. The van der Waals surface area contributed by atoms with Crippen molar-refractivity contribution in [1.82, 2.24) is 5.32 Å². The molecule has 0 spiro atoms. The van der Waals surface area contributed by atoms with E-state index in [0.29, 0.717) is 0 Å². The second kappa shape index (κ2) is 6.13. The van der Waals surface area contributed by atoms with E-state index >= 15 is 0 Å². The van der Waals surface area contributed by atoms with Gasteiger partial charge in [-0.3, -0.25) is 9.52 Å². The molecular weight excluding hydrogens is 331 g/mol. The summed E-state index contributed by atoms with van der Waals surface area (Å²) in [5.74, 6) is -2.86. The predicted octanol–water partition coefficient (Wildman–Crippen LogP) is 0.171. The lowest BCUT2D eigenvalue weighted by molar-refractivity contribution is -0.144. The van der Waals surface area contributed by atoms with Crippen LogP contribution in [-0.4, -0.2) is 50.4 Å². The van der Waals surface area contributed by atoms with Crippen LogP contribution in [-0.2, 0) is 19.6 Å². The molecule has 1 aromatic carbocycles. The number of carboxylic acid groups (broad SMARTS) is 1. The van der Waals surface area contributed by atoms with Crippen molar-refractivity contribution in [2.24, 2.45) is 0 Å². The molecule has 126 valence electrons. The lowest BCUT2D eigenvalue weighted by Crippen LogP contribution is -2.55. The Bertz CT molecular complexity index is 743. The minimum atomic E-state index is -3.73. The van der Waals surface area contributed by atoms with Gasteiger partial charge in [0.05, 0.1) is 18.6 Å². The van der Waals surface area contributed by atoms with Crippen LogP contribution in [0.25, 0.3) is 0 Å². The van der Waals surface area contributed by atoms with Gasteiger partial charge in [0.1, 0.15) is 5.82 Å². The van der Waals surface area contributed by atoms with Crippen LogP contribution in [0.15, 0.2) is 18.2 Å². The first-order valence-electron chi connectivity index (χ1n) is 6.54. The topological polar surface area (TPSA) is 122 Å². The number of nitrogens with one attached hydrogen (secondary N) is 2. The first-order valence-corrected chi connectivity index (χ1v) is 8.43. The van der Waals surface area contributed by atoms with Crippen LogP contribution in [0, 0.1) is 5.82 Å². The Kier molecular flexibility index (Phi) is 4.57. The average molecular weight is 346 g/mol. The third kappa shape index (κ3) is 3.96. The Morgan fingerprint density at radius 1 is 1.39 bits per heavy atom. The molecule has 1 atom stereocenters. The molecule has 1 saturated heterocycles. The minimum Gasteiger partial charge on any atom is -0.479 e. The van der Waals surface area contributed by atoms with E-state index in [0.717, 1.165) is 24.5 Å². The largest absolute Gasteiger partial charge is 0.479 e. The highest BCUT2D eigenvalue weighted by Crippen LogP contribution is 2.22. The van der Waals surface area contributed by atoms with Crippen LogP contribution in [0.2, 0.25) is 0 Å². The molecule has 0 saturated carbocycles. The molecule has 0 radical (unpaired) electrons. The van der Waals surface area contributed by atoms with Gasteiger partial charge < -0.3 is 15.2 Å². The number of anilines is 1. The fraction of sp³-hybridized carbons (Fsp3) is 0.385. The number of halogens is 1. The monoisotopic (exact) mass is 346 g/mol. The minimum absolute atomic E-state index is 0.0786. The Hall–Kier alpha value is -2.20. The number of amides is 1. The highest BCUT2D eigenvalue weighted by Gasteiger charge is 2.44. The Morgan fingerprint density at radius 2 is 2.09 bits per heavy atom. The van der Waals surface area contributed by atoms with Crippen LogP contribution in [0.4, 0.5) is 10.1 Å². The van der Waals surface area contributed by atoms with E-state index in [4.69, 9.17) is 4.74 Å². The van der Waals surface area contributed by atoms with Crippen molar-refractivity contribution in [3.05, 3.63) is 29.6 Å². The van der Waals surface area contributed by atoms with Gasteiger partial charge in [-0.2, -0.15) is 0 Å². The maximum atomic E-state index is 13.6. The lowest BCUT2D eigenvalue weighted by atomic mass is 9.98. The van der Waals surface area contributed by atoms with Gasteiger partial charge in [-0.25, -0.2) is 17.6 Å². The van der Waals surface area contributed by atoms with E-state index in [1.54, 1.807) is 0 Å². The molecule has 8 nitrogen and oxygen atoms in total. The van der Waals surface area contributed by atoms with Crippen molar-refractivity contribution >= 4 is 27.6 Å². The average Bonchev–Trinajstić information content (AvgIpc) is 2.89. The summed E-state index contributed by atoms with van der Waals surface area (Å²) < 4.78 is 42.9. The molecule has 0 aliphatic carbocycles. The number of carbonyl (C=O) groups excluding carboxylic acids is 1. The number of benzene rings is 1. The fourth-order valence-electron chi connectivity index (χ4n) is 2.12. The number of carbonyl (C=O) groups is 2. The van der Waals surface area contributed by atoms with Crippen molar-refractivity contribution in [3.63, 3.8) is 0 Å². The van der Waals surface area contributed by atoms with Gasteiger partial charge in [-0.15, -0.1) is 0 Å². The van der Waals surface area contributed by atoms with Crippen molar-refractivity contribution in [2.45, 2.75) is 12.0 Å². The highest BCUT2D eigenvalue weighted by atomic mass is 32.2. The number of aliphatic carboxylic acids is 1. The maximum Gasteiger partial charge on any atom is 0.331 e. The van der Waals surface area contributed by atoms with Gasteiger partial charge >= 0.3 is 5.97 Å². The smallest absolute Gasteiger partial charge is 0.331 e. The predicted molar refractivity (Wildman–Crippen MR) is 78.1 cm³/mol. The summed E-state index contributed by atoms with van der Waals surface area (Å²) in [5.41, 5.74) is -2.02. The second-order valence-electron chi connectivity index (χ2n) is 5.21. The Balaban J connectivity index is 2.26. The number of ether oxygens (including phenoxy) is 1. The second-order valence-corrected chi connectivity index (χ2v) is 6.96. The van der Waals surface area contributed by atoms with Gasteiger partial charge in [0.15, 0.2) is 5.54 Å². The number of carboxylic acids is 1. The van der Waals surface area contributed by atoms with E-state index < -0.39 is 38.9 Å². The number of hydrogen-bond acceptors (Lipinski definition) is 5. The summed E-state index contributed by atoms with van der Waals surface area (Å²) in [6.07, 6.45) is 0.943. The summed E-state index contributed by atoms with van der Waals surface area (Å²) >= 11 is 0. The van der Waals surface area contributed by atoms with Gasteiger partial charge in [-0.05, 0) is 18.2 Å². The molecule has 2 rings (SSSR count). The first kappa shape index (κ1) is 17.2. The molecule has 1 aromatic rings. The van der Waals surface area contributed by atoms with E-state index in [-0.39, 0.29) is 25.2 Å². The Labute approximate surface area is 131 Å². The lowest BCUT2D eigenvalue weighted by Gasteiger charge is -2.23. The zero-order valence-electron chi connectivity index (χ0n) is 12.1. The SMILES string of the molecule is CS(=O)(=O)Nc1cc(C(=O)NC2(C(=O)O)CCOC2)ccc1F. The third-order valence-electron chi connectivity index (χ3n) is 3.31. The van der Waals surface area contributed by atoms with Crippen LogP contribution in [0.3, 0.4) is 0 Å². The summed E-state index contributed by atoms with van der Waals surface area (Å²) in [4.78, 5) is 23.6. The molecule has 23 heavy (non-hydrogen) atoms. The number of rotatable bonds is 5. The van der Waals surface area contributed by atoms with E-state index in [2.05, 4.69) is 5.32 Å². The van der Waals surface area contributed by atoms with Crippen molar-refractivity contribution in [1.29, 1.82) is 0 Å². The van der Waals surface area contributed by atoms with Gasteiger partial charge in [-0.1, -0.05) is 0 Å². The maximum absolute atomic E-state index is 13.6. The van der Waals surface area contributed by atoms with Crippen molar-refractivity contribution in [3.8, 4) is 0 Å². The third-order valence-corrected chi connectivity index (χ3v) is 3.90. The van der Waals surface area contributed by atoms with Gasteiger partial charge in [0, 0.05) is 18.6 Å². The fourth-order valence-corrected chi connectivity index (χ4v) is 2.68. The van der Waals surface area contributed by atoms with Crippen LogP contribution < -0.4 is 10.0 Å². The molecule has 1 amide bonds. The molecule has 0 aromatic heterocycles. The van der Waals surface area contributed by atoms with Crippen LogP contribution >= 0.6 is 0 Å². The number of sulfonamides is 1. The summed E-state index contributed by atoms with van der Waals surface area (Å²) in [6, 6.07) is 3.04. The van der Waals surface area contributed by atoms with Gasteiger partial charge in [0.25, 0.3) is 5.91 Å². The van der Waals surface area contributed by atoms with E-state index in [1.807, 2.05) is 4.72 Å². The molecule has 0 bridgehead atoms. The first-order chi connectivity index (χ1) is 10.6. The summed E-state index contributed by atoms with van der Waals surface area (Å²) in [6.45, 7) is 0.0145. The standard InChI is InChI=1S/C13H15FN2O6S/c1-23(20,21)16-10-6-8(2-3-9(10)14)11(17)15-13(12(18)19)4-5-22-7-13/h2-3,6,16H,4-5,7H2,1H3,(H,15,17)(H,18,19).